The van der Waals surface area contributed by atoms with Gasteiger partial charge < -0.3 is 11.1 Å². The number of pyridine rings is 1. The van der Waals surface area contributed by atoms with E-state index >= 15 is 0 Å². The summed E-state index contributed by atoms with van der Waals surface area (Å²) in [6.07, 6.45) is 7.23. The molecule has 4 nitrogen and oxygen atoms in total. The summed E-state index contributed by atoms with van der Waals surface area (Å²) in [5.41, 5.74) is 7.09. The van der Waals surface area contributed by atoms with Crippen LogP contribution in [0.25, 0.3) is 0 Å². The fraction of sp³-hybridized carbons (Fsp3) is 0.625. The maximum atomic E-state index is 12.2. The summed E-state index contributed by atoms with van der Waals surface area (Å²) in [4.78, 5) is 16.3. The van der Waals surface area contributed by atoms with E-state index in [1.54, 1.807) is 12.1 Å². The number of rotatable bonds is 4. The molecule has 2 rings (SSSR count). The van der Waals surface area contributed by atoms with Crippen molar-refractivity contribution >= 4 is 11.7 Å². The van der Waals surface area contributed by atoms with Gasteiger partial charge in [-0.1, -0.05) is 19.8 Å². The summed E-state index contributed by atoms with van der Waals surface area (Å²) in [5.74, 6) is 1.23. The molecule has 0 saturated heterocycles. The summed E-state index contributed by atoms with van der Waals surface area (Å²) in [5, 5.41) is 3.13. The van der Waals surface area contributed by atoms with Gasteiger partial charge >= 0.3 is 0 Å². The van der Waals surface area contributed by atoms with E-state index in [0.29, 0.717) is 17.4 Å². The summed E-state index contributed by atoms with van der Waals surface area (Å²) >= 11 is 0. The molecule has 0 unspecified atom stereocenters. The zero-order chi connectivity index (χ0) is 14.5. The lowest BCUT2D eigenvalue weighted by Gasteiger charge is -2.29. The summed E-state index contributed by atoms with van der Waals surface area (Å²) in [7, 11) is 0. The quantitative estimate of drug-likeness (QED) is 0.887. The van der Waals surface area contributed by atoms with Gasteiger partial charge in [-0.05, 0) is 50.7 Å². The highest BCUT2D eigenvalue weighted by Crippen LogP contribution is 2.27. The largest absolute Gasteiger partial charge is 0.384 e. The molecule has 1 aliphatic carbocycles. The topological polar surface area (TPSA) is 68.0 Å². The fourth-order valence-corrected chi connectivity index (χ4v) is 3.10. The van der Waals surface area contributed by atoms with E-state index in [0.717, 1.165) is 24.5 Å². The lowest BCUT2D eigenvalue weighted by Crippen LogP contribution is -2.37. The molecule has 1 fully saturated rings. The van der Waals surface area contributed by atoms with Crippen molar-refractivity contribution in [3.63, 3.8) is 0 Å². The van der Waals surface area contributed by atoms with Crippen LogP contribution in [0.1, 0.15) is 61.5 Å². The first-order valence-electron chi connectivity index (χ1n) is 7.63. The number of aryl methyl sites for hydroxylation is 1. The Morgan fingerprint density at radius 3 is 2.65 bits per heavy atom. The molecule has 110 valence electrons. The van der Waals surface area contributed by atoms with E-state index in [2.05, 4.69) is 17.2 Å². The van der Waals surface area contributed by atoms with Crippen LogP contribution in [-0.2, 0) is 0 Å². The Kier molecular flexibility index (Phi) is 4.99. The Hall–Kier alpha value is -1.58. The number of hydrogen-bond acceptors (Lipinski definition) is 3. The number of hydrogen-bond donors (Lipinski definition) is 2. The highest BCUT2D eigenvalue weighted by molar-refractivity contribution is 5.95. The number of aromatic nitrogens is 1. The predicted octanol–water partition coefficient (Wildman–Crippen LogP) is 3.06. The SMILES string of the molecule is CCCC1CCC(NC(=O)c2cc(C)nc(N)c2)CC1. The van der Waals surface area contributed by atoms with Crippen LogP contribution in [-0.4, -0.2) is 16.9 Å². The fourth-order valence-electron chi connectivity index (χ4n) is 3.10. The third-order valence-corrected chi connectivity index (χ3v) is 4.11. The molecule has 0 aromatic carbocycles. The molecule has 0 spiro atoms. The van der Waals surface area contributed by atoms with E-state index in [1.165, 1.54) is 25.7 Å². The molecule has 1 saturated carbocycles. The maximum absolute atomic E-state index is 12.2. The minimum absolute atomic E-state index is 0.0267. The third-order valence-electron chi connectivity index (χ3n) is 4.11. The normalized spacial score (nSPS) is 22.5. The summed E-state index contributed by atoms with van der Waals surface area (Å²) in [6, 6.07) is 3.74. The molecule has 0 bridgehead atoms. The number of nitrogens with two attached hydrogens (primary N) is 1. The zero-order valence-corrected chi connectivity index (χ0v) is 12.5. The molecular weight excluding hydrogens is 250 g/mol. The first-order valence-corrected chi connectivity index (χ1v) is 7.63. The average Bonchev–Trinajstić information content (AvgIpc) is 2.40. The molecule has 3 N–H and O–H groups in total. The van der Waals surface area contributed by atoms with Crippen molar-refractivity contribution in [1.29, 1.82) is 0 Å². The molecule has 1 aromatic rings. The maximum Gasteiger partial charge on any atom is 0.251 e. The summed E-state index contributed by atoms with van der Waals surface area (Å²) in [6.45, 7) is 4.09. The number of carbonyl (C=O) groups is 1. The molecule has 1 heterocycles. The van der Waals surface area contributed by atoms with Crippen LogP contribution in [0.3, 0.4) is 0 Å². The van der Waals surface area contributed by atoms with Gasteiger partial charge in [-0.25, -0.2) is 4.98 Å². The first-order chi connectivity index (χ1) is 9.58. The Balaban J connectivity index is 1.89. The van der Waals surface area contributed by atoms with Crippen LogP contribution < -0.4 is 11.1 Å². The molecule has 0 aliphatic heterocycles. The van der Waals surface area contributed by atoms with Gasteiger partial charge in [0.1, 0.15) is 5.82 Å². The minimum Gasteiger partial charge on any atom is -0.384 e. The Labute approximate surface area is 121 Å². The predicted molar refractivity (Wildman–Crippen MR) is 81.5 cm³/mol. The molecule has 0 radical (unpaired) electrons. The van der Waals surface area contributed by atoms with E-state index < -0.39 is 0 Å². The number of nitrogens with one attached hydrogen (secondary N) is 1. The van der Waals surface area contributed by atoms with Crippen molar-refractivity contribution in [3.8, 4) is 0 Å². The van der Waals surface area contributed by atoms with Crippen molar-refractivity contribution in [2.45, 2.75) is 58.4 Å². The highest BCUT2D eigenvalue weighted by atomic mass is 16.1. The number of nitrogen functional groups attached to an aromatic ring is 1. The molecule has 1 aromatic heterocycles. The van der Waals surface area contributed by atoms with Crippen molar-refractivity contribution in [2.75, 3.05) is 5.73 Å². The van der Waals surface area contributed by atoms with Gasteiger partial charge in [-0.15, -0.1) is 0 Å². The van der Waals surface area contributed by atoms with Crippen LogP contribution in [0.15, 0.2) is 12.1 Å². The van der Waals surface area contributed by atoms with Crippen LogP contribution in [0.5, 0.6) is 0 Å². The van der Waals surface area contributed by atoms with Gasteiger partial charge in [0.25, 0.3) is 5.91 Å². The van der Waals surface area contributed by atoms with Crippen molar-refractivity contribution < 1.29 is 4.79 Å². The van der Waals surface area contributed by atoms with E-state index in [-0.39, 0.29) is 5.91 Å². The monoisotopic (exact) mass is 275 g/mol. The molecule has 1 amide bonds. The molecule has 0 atom stereocenters. The van der Waals surface area contributed by atoms with Crippen LogP contribution in [0.4, 0.5) is 5.82 Å². The van der Waals surface area contributed by atoms with Gasteiger partial charge in [-0.3, -0.25) is 4.79 Å². The number of anilines is 1. The third kappa shape index (κ3) is 3.95. The highest BCUT2D eigenvalue weighted by Gasteiger charge is 2.22. The molecule has 20 heavy (non-hydrogen) atoms. The Morgan fingerprint density at radius 1 is 1.35 bits per heavy atom. The number of nitrogens with zero attached hydrogens (tertiary/aromatic N) is 1. The Bertz CT molecular complexity index is 445. The summed E-state index contributed by atoms with van der Waals surface area (Å²) < 4.78 is 0. The molecule has 4 heteroatoms. The second kappa shape index (κ2) is 6.73. The van der Waals surface area contributed by atoms with E-state index in [1.807, 2.05) is 6.92 Å². The Morgan fingerprint density at radius 2 is 2.05 bits per heavy atom. The van der Waals surface area contributed by atoms with Crippen LogP contribution >= 0.6 is 0 Å². The smallest absolute Gasteiger partial charge is 0.251 e. The molecular formula is C16H25N3O. The number of carbonyl (C=O) groups excluding carboxylic acids is 1. The van der Waals surface area contributed by atoms with Crippen LogP contribution in [0.2, 0.25) is 0 Å². The van der Waals surface area contributed by atoms with Gasteiger partial charge in [-0.2, -0.15) is 0 Å². The van der Waals surface area contributed by atoms with E-state index in [4.69, 9.17) is 5.73 Å². The van der Waals surface area contributed by atoms with Gasteiger partial charge in [0, 0.05) is 17.3 Å². The van der Waals surface area contributed by atoms with Gasteiger partial charge in [0.05, 0.1) is 0 Å². The lowest BCUT2D eigenvalue weighted by atomic mass is 9.83. The minimum atomic E-state index is -0.0267. The van der Waals surface area contributed by atoms with Gasteiger partial charge in [0.15, 0.2) is 0 Å². The van der Waals surface area contributed by atoms with E-state index in [9.17, 15) is 4.79 Å². The number of amides is 1. The average molecular weight is 275 g/mol. The van der Waals surface area contributed by atoms with Crippen molar-refractivity contribution in [2.24, 2.45) is 5.92 Å². The van der Waals surface area contributed by atoms with Crippen LogP contribution in [0, 0.1) is 12.8 Å². The van der Waals surface area contributed by atoms with Crippen molar-refractivity contribution in [1.82, 2.24) is 10.3 Å². The van der Waals surface area contributed by atoms with Crippen molar-refractivity contribution in [3.05, 3.63) is 23.4 Å². The zero-order valence-electron chi connectivity index (χ0n) is 12.5. The second-order valence-corrected chi connectivity index (χ2v) is 5.90. The second-order valence-electron chi connectivity index (χ2n) is 5.90. The standard InChI is InChI=1S/C16H25N3O/c1-3-4-12-5-7-14(8-6-12)19-16(20)13-9-11(2)18-15(17)10-13/h9-10,12,14H,3-8H2,1-2H3,(H2,17,18)(H,19,20). The van der Waals surface area contributed by atoms with Gasteiger partial charge in [0.2, 0.25) is 0 Å². The molecule has 1 aliphatic rings. The lowest BCUT2D eigenvalue weighted by molar-refractivity contribution is 0.0921. The first kappa shape index (κ1) is 14.8.